The summed E-state index contributed by atoms with van der Waals surface area (Å²) in [7, 11) is 1.88. The van der Waals surface area contributed by atoms with Crippen molar-refractivity contribution in [3.05, 3.63) is 35.4 Å². The highest BCUT2D eigenvalue weighted by Gasteiger charge is 2.43. The molecule has 1 N–H and O–H groups in total. The summed E-state index contributed by atoms with van der Waals surface area (Å²) < 4.78 is 0. The van der Waals surface area contributed by atoms with Crippen molar-refractivity contribution in [1.29, 1.82) is 0 Å². The van der Waals surface area contributed by atoms with Gasteiger partial charge in [0.2, 0.25) is 5.91 Å². The van der Waals surface area contributed by atoms with Crippen LogP contribution in [0.5, 0.6) is 0 Å². The normalized spacial score (nSPS) is 22.2. The summed E-state index contributed by atoms with van der Waals surface area (Å²) in [6.45, 7) is 4.72. The Hall–Kier alpha value is -2.04. The number of nitrogens with zero attached hydrogens (tertiary/aromatic N) is 3. The Bertz CT molecular complexity index is 678. The molecule has 1 aromatic carbocycles. The molecule has 0 atom stereocenters. The Morgan fingerprint density at radius 1 is 1.12 bits per heavy atom. The molecule has 5 nitrogen and oxygen atoms in total. The molecule has 1 saturated carbocycles. The van der Waals surface area contributed by atoms with Gasteiger partial charge in [0.05, 0.1) is 0 Å². The van der Waals surface area contributed by atoms with Crippen LogP contribution in [0, 0.1) is 5.41 Å². The highest BCUT2D eigenvalue weighted by molar-refractivity contribution is 5.80. The smallest absolute Gasteiger partial charge is 0.222 e. The van der Waals surface area contributed by atoms with Gasteiger partial charge in [-0.15, -0.1) is 0 Å². The van der Waals surface area contributed by atoms with E-state index in [1.807, 2.05) is 11.9 Å². The van der Waals surface area contributed by atoms with E-state index >= 15 is 0 Å². The van der Waals surface area contributed by atoms with Crippen LogP contribution in [0.4, 0.5) is 0 Å². The van der Waals surface area contributed by atoms with E-state index in [0.717, 1.165) is 45.1 Å². The molecule has 5 heteroatoms. The predicted octanol–water partition coefficient (Wildman–Crippen LogP) is 2.76. The Kier molecular flexibility index (Phi) is 4.88. The molecule has 26 heavy (non-hydrogen) atoms. The van der Waals surface area contributed by atoms with Crippen LogP contribution in [0.2, 0.25) is 0 Å². The SMILES string of the molecule is CN=C(NCc1ccc(CN2CCCC2=O)cc1)N1CCC2(CCC2)C1. The lowest BCUT2D eigenvalue weighted by Crippen LogP contribution is -2.42. The van der Waals surface area contributed by atoms with Crippen molar-refractivity contribution in [3.63, 3.8) is 0 Å². The summed E-state index contributed by atoms with van der Waals surface area (Å²) in [4.78, 5) is 20.6. The highest BCUT2D eigenvalue weighted by atomic mass is 16.2. The molecule has 1 spiro atoms. The van der Waals surface area contributed by atoms with Gasteiger partial charge >= 0.3 is 0 Å². The summed E-state index contributed by atoms with van der Waals surface area (Å²) >= 11 is 0. The van der Waals surface area contributed by atoms with Crippen molar-refractivity contribution in [2.75, 3.05) is 26.7 Å². The van der Waals surface area contributed by atoms with E-state index in [0.29, 0.717) is 11.8 Å². The summed E-state index contributed by atoms with van der Waals surface area (Å²) in [5.74, 6) is 1.31. The van der Waals surface area contributed by atoms with E-state index in [1.165, 1.54) is 36.8 Å². The van der Waals surface area contributed by atoms with Gasteiger partial charge in [0.15, 0.2) is 5.96 Å². The number of carbonyl (C=O) groups excluding carboxylic acids is 1. The van der Waals surface area contributed by atoms with E-state index in [1.54, 1.807) is 0 Å². The molecule has 0 aromatic heterocycles. The number of guanidine groups is 1. The van der Waals surface area contributed by atoms with Gasteiger partial charge in [-0.1, -0.05) is 30.7 Å². The van der Waals surface area contributed by atoms with E-state index in [4.69, 9.17) is 0 Å². The summed E-state index contributed by atoms with van der Waals surface area (Å²) in [5.41, 5.74) is 3.05. The molecular weight excluding hydrogens is 324 g/mol. The Morgan fingerprint density at radius 2 is 1.88 bits per heavy atom. The standard InChI is InChI=1S/C21H30N4O/c1-22-20(25-13-11-21(16-25)9-3-10-21)23-14-17-5-7-18(8-6-17)15-24-12-2-4-19(24)26/h5-8H,2-4,9-16H2,1H3,(H,22,23). The number of amides is 1. The van der Waals surface area contributed by atoms with E-state index in [9.17, 15) is 4.79 Å². The molecular formula is C21H30N4O. The van der Waals surface area contributed by atoms with E-state index in [-0.39, 0.29) is 5.91 Å². The van der Waals surface area contributed by atoms with Crippen molar-refractivity contribution in [2.24, 2.45) is 10.4 Å². The molecule has 0 radical (unpaired) electrons. The second-order valence-electron chi connectivity index (χ2n) is 8.16. The van der Waals surface area contributed by atoms with Gasteiger partial charge in [-0.2, -0.15) is 0 Å². The molecule has 1 aromatic rings. The topological polar surface area (TPSA) is 47.9 Å². The fraction of sp³-hybridized carbons (Fsp3) is 0.619. The van der Waals surface area contributed by atoms with Gasteiger partial charge in [0, 0.05) is 46.2 Å². The number of benzene rings is 1. The van der Waals surface area contributed by atoms with Gasteiger partial charge < -0.3 is 15.1 Å². The minimum absolute atomic E-state index is 0.286. The second kappa shape index (κ2) is 7.29. The lowest BCUT2D eigenvalue weighted by molar-refractivity contribution is -0.128. The molecule has 0 unspecified atom stereocenters. The third-order valence-corrected chi connectivity index (χ3v) is 6.38. The number of likely N-dealkylation sites (tertiary alicyclic amines) is 2. The quantitative estimate of drug-likeness (QED) is 0.668. The average Bonchev–Trinajstić information content (AvgIpc) is 3.24. The van der Waals surface area contributed by atoms with Crippen LogP contribution in [0.25, 0.3) is 0 Å². The summed E-state index contributed by atoms with van der Waals surface area (Å²) in [6, 6.07) is 8.61. The second-order valence-corrected chi connectivity index (χ2v) is 8.16. The molecule has 0 bridgehead atoms. The molecule has 1 aliphatic carbocycles. The van der Waals surface area contributed by atoms with Crippen LogP contribution in [0.1, 0.15) is 49.7 Å². The Balaban J connectivity index is 1.29. The average molecular weight is 354 g/mol. The molecule has 2 heterocycles. The van der Waals surface area contributed by atoms with E-state index in [2.05, 4.69) is 39.5 Å². The molecule has 2 aliphatic heterocycles. The van der Waals surface area contributed by atoms with Gasteiger partial charge in [-0.25, -0.2) is 0 Å². The molecule has 140 valence electrons. The van der Waals surface area contributed by atoms with Gasteiger partial charge in [0.25, 0.3) is 0 Å². The van der Waals surface area contributed by atoms with Crippen LogP contribution in [-0.2, 0) is 17.9 Å². The van der Waals surface area contributed by atoms with Gasteiger partial charge in [-0.3, -0.25) is 9.79 Å². The van der Waals surface area contributed by atoms with Crippen LogP contribution in [0.3, 0.4) is 0 Å². The maximum absolute atomic E-state index is 11.8. The first-order valence-corrected chi connectivity index (χ1v) is 9.99. The van der Waals surface area contributed by atoms with Crippen molar-refractivity contribution in [1.82, 2.24) is 15.1 Å². The maximum atomic E-state index is 11.8. The largest absolute Gasteiger partial charge is 0.352 e. The monoisotopic (exact) mass is 354 g/mol. The van der Waals surface area contributed by atoms with Crippen molar-refractivity contribution >= 4 is 11.9 Å². The van der Waals surface area contributed by atoms with Crippen molar-refractivity contribution in [3.8, 4) is 0 Å². The van der Waals surface area contributed by atoms with Crippen LogP contribution < -0.4 is 5.32 Å². The minimum Gasteiger partial charge on any atom is -0.352 e. The fourth-order valence-electron chi connectivity index (χ4n) is 4.57. The first kappa shape index (κ1) is 17.4. The lowest BCUT2D eigenvalue weighted by atomic mass is 9.68. The fourth-order valence-corrected chi connectivity index (χ4v) is 4.57. The Morgan fingerprint density at radius 3 is 2.46 bits per heavy atom. The molecule has 3 fully saturated rings. The lowest BCUT2D eigenvalue weighted by Gasteiger charge is -2.38. The number of aliphatic imine (C=N–C) groups is 1. The molecule has 1 amide bonds. The summed E-state index contributed by atoms with van der Waals surface area (Å²) in [5, 5.41) is 3.52. The van der Waals surface area contributed by atoms with Gasteiger partial charge in [0.1, 0.15) is 0 Å². The molecule has 3 aliphatic rings. The van der Waals surface area contributed by atoms with Gasteiger partial charge in [-0.05, 0) is 42.2 Å². The number of hydrogen-bond donors (Lipinski definition) is 1. The summed E-state index contributed by atoms with van der Waals surface area (Å²) in [6.07, 6.45) is 7.20. The number of carbonyl (C=O) groups is 1. The van der Waals surface area contributed by atoms with E-state index < -0.39 is 0 Å². The number of hydrogen-bond acceptors (Lipinski definition) is 2. The van der Waals surface area contributed by atoms with Crippen LogP contribution in [-0.4, -0.2) is 48.3 Å². The third kappa shape index (κ3) is 3.57. The minimum atomic E-state index is 0.286. The maximum Gasteiger partial charge on any atom is 0.222 e. The first-order valence-electron chi connectivity index (χ1n) is 9.99. The number of rotatable bonds is 4. The first-order chi connectivity index (χ1) is 12.7. The zero-order chi connectivity index (χ0) is 18.0. The zero-order valence-corrected chi connectivity index (χ0v) is 15.8. The van der Waals surface area contributed by atoms with Crippen LogP contribution in [0.15, 0.2) is 29.3 Å². The third-order valence-electron chi connectivity index (χ3n) is 6.38. The molecule has 2 saturated heterocycles. The number of nitrogens with one attached hydrogen (secondary N) is 1. The van der Waals surface area contributed by atoms with Crippen molar-refractivity contribution < 1.29 is 4.79 Å². The predicted molar refractivity (Wildman–Crippen MR) is 104 cm³/mol. The molecule has 4 rings (SSSR count). The highest BCUT2D eigenvalue weighted by Crippen LogP contribution is 2.47. The van der Waals surface area contributed by atoms with Crippen molar-refractivity contribution in [2.45, 2.75) is 51.6 Å². The zero-order valence-electron chi connectivity index (χ0n) is 15.8. The Labute approximate surface area is 156 Å². The van der Waals surface area contributed by atoms with Crippen LogP contribution >= 0.6 is 0 Å².